The van der Waals surface area contributed by atoms with Crippen LogP contribution < -0.4 is 38.9 Å². The fourth-order valence-corrected chi connectivity index (χ4v) is 3.17. The fourth-order valence-electron chi connectivity index (χ4n) is 3.17. The second kappa shape index (κ2) is 15.6. The molecule has 16 heteroatoms. The third-order valence-corrected chi connectivity index (χ3v) is 5.14. The lowest BCUT2D eigenvalue weighted by molar-refractivity contribution is -0.142. The Morgan fingerprint density at radius 3 is 1.95 bits per heavy atom. The van der Waals surface area contributed by atoms with Crippen LogP contribution >= 0.6 is 0 Å². The van der Waals surface area contributed by atoms with Crippen molar-refractivity contribution in [3.8, 4) is 5.75 Å². The second-order valence-electron chi connectivity index (χ2n) is 8.30. The molecule has 0 saturated heterocycles. The average molecular weight is 539 g/mol. The van der Waals surface area contributed by atoms with Gasteiger partial charge in [0, 0.05) is 13.0 Å². The van der Waals surface area contributed by atoms with E-state index in [9.17, 15) is 39.3 Å². The maximum absolute atomic E-state index is 12.9. The first kappa shape index (κ1) is 31.6. The smallest absolute Gasteiger partial charge is 0.326 e. The van der Waals surface area contributed by atoms with Crippen LogP contribution in [0.3, 0.4) is 0 Å². The number of guanidine groups is 1. The van der Waals surface area contributed by atoms with Gasteiger partial charge >= 0.3 is 5.97 Å². The molecule has 1 aromatic rings. The van der Waals surface area contributed by atoms with E-state index in [-0.39, 0.29) is 37.5 Å². The van der Waals surface area contributed by atoms with Gasteiger partial charge in [0.25, 0.3) is 0 Å². The molecule has 0 aliphatic heterocycles. The number of aromatic hydroxyl groups is 1. The Labute approximate surface area is 217 Å². The Kier molecular flexibility index (Phi) is 13.0. The number of phenols is 1. The summed E-state index contributed by atoms with van der Waals surface area (Å²) < 4.78 is 0. The Morgan fingerprint density at radius 1 is 0.868 bits per heavy atom. The summed E-state index contributed by atoms with van der Waals surface area (Å²) in [5, 5.41) is 35.4. The molecule has 0 saturated carbocycles. The van der Waals surface area contributed by atoms with E-state index in [1.807, 2.05) is 0 Å². The van der Waals surface area contributed by atoms with Crippen LogP contribution in [-0.4, -0.2) is 88.2 Å². The highest BCUT2D eigenvalue weighted by atomic mass is 16.4. The number of nitrogens with two attached hydrogens (primary N) is 4. The van der Waals surface area contributed by atoms with E-state index in [1.54, 1.807) is 0 Å². The lowest BCUT2D eigenvalue weighted by Gasteiger charge is -2.24. The van der Waals surface area contributed by atoms with E-state index >= 15 is 0 Å². The van der Waals surface area contributed by atoms with E-state index in [0.717, 1.165) is 0 Å². The van der Waals surface area contributed by atoms with Gasteiger partial charge in [-0.05, 0) is 30.5 Å². The van der Waals surface area contributed by atoms with Crippen molar-refractivity contribution in [2.45, 2.75) is 49.9 Å². The van der Waals surface area contributed by atoms with Gasteiger partial charge in [0.1, 0.15) is 23.9 Å². The van der Waals surface area contributed by atoms with Crippen molar-refractivity contribution in [2.24, 2.45) is 27.9 Å². The molecular formula is C22H34N8O8. The molecule has 4 amide bonds. The third kappa shape index (κ3) is 11.5. The number of benzene rings is 1. The van der Waals surface area contributed by atoms with Crippen molar-refractivity contribution >= 4 is 35.6 Å². The number of primary amides is 1. The molecule has 0 radical (unpaired) electrons. The molecule has 1 aromatic carbocycles. The lowest BCUT2D eigenvalue weighted by Crippen LogP contribution is -2.58. The van der Waals surface area contributed by atoms with Crippen molar-refractivity contribution in [3.63, 3.8) is 0 Å². The summed E-state index contributed by atoms with van der Waals surface area (Å²) in [6.45, 7) is -0.782. The van der Waals surface area contributed by atoms with Gasteiger partial charge in [-0.1, -0.05) is 12.1 Å². The molecule has 4 unspecified atom stereocenters. The predicted octanol–water partition coefficient (Wildman–Crippen LogP) is -4.28. The van der Waals surface area contributed by atoms with Gasteiger partial charge in [0.15, 0.2) is 5.96 Å². The van der Waals surface area contributed by atoms with Crippen LogP contribution in [0, 0.1) is 0 Å². The Balaban J connectivity index is 2.93. The first-order chi connectivity index (χ1) is 17.8. The molecule has 0 fully saturated rings. The minimum Gasteiger partial charge on any atom is -0.508 e. The van der Waals surface area contributed by atoms with Crippen molar-refractivity contribution in [3.05, 3.63) is 29.8 Å². The third-order valence-electron chi connectivity index (χ3n) is 5.14. The second-order valence-corrected chi connectivity index (χ2v) is 8.30. The fraction of sp³-hybridized carbons (Fsp3) is 0.455. The predicted molar refractivity (Wildman–Crippen MR) is 134 cm³/mol. The molecule has 38 heavy (non-hydrogen) atoms. The number of aliphatic hydroxyl groups excluding tert-OH is 1. The van der Waals surface area contributed by atoms with Gasteiger partial charge in [-0.25, -0.2) is 4.79 Å². The molecule has 0 spiro atoms. The van der Waals surface area contributed by atoms with Crippen LogP contribution in [-0.2, 0) is 30.4 Å². The zero-order chi connectivity index (χ0) is 28.8. The number of aliphatic imine (C=N–C) groups is 1. The quantitative estimate of drug-likeness (QED) is 0.0545. The molecule has 1 rings (SSSR count). The number of aliphatic hydroxyl groups is 1. The highest BCUT2D eigenvalue weighted by Crippen LogP contribution is 2.11. The van der Waals surface area contributed by atoms with Crippen LogP contribution in [0.2, 0.25) is 0 Å². The SMILES string of the molecule is NC(=O)CC(N)C(=O)NC(CCCN=C(N)N)C(=O)NC(CO)C(=O)NC(Cc1ccc(O)cc1)C(=O)O. The van der Waals surface area contributed by atoms with E-state index in [2.05, 4.69) is 20.9 Å². The number of hydrogen-bond donors (Lipinski definition) is 10. The Hall–Kier alpha value is -4.44. The highest BCUT2D eigenvalue weighted by molar-refractivity contribution is 5.95. The van der Waals surface area contributed by atoms with Crippen LogP contribution in [0.1, 0.15) is 24.8 Å². The monoisotopic (exact) mass is 538 g/mol. The molecule has 0 aliphatic carbocycles. The molecule has 0 aromatic heterocycles. The van der Waals surface area contributed by atoms with Gasteiger partial charge in [0.2, 0.25) is 23.6 Å². The van der Waals surface area contributed by atoms with Crippen molar-refractivity contribution in [1.82, 2.24) is 16.0 Å². The summed E-state index contributed by atoms with van der Waals surface area (Å²) >= 11 is 0. The van der Waals surface area contributed by atoms with Gasteiger partial charge < -0.3 is 54.2 Å². The van der Waals surface area contributed by atoms with Crippen LogP contribution in [0.25, 0.3) is 0 Å². The molecule has 16 nitrogen and oxygen atoms in total. The molecule has 4 atom stereocenters. The molecule has 210 valence electrons. The van der Waals surface area contributed by atoms with Gasteiger partial charge in [-0.15, -0.1) is 0 Å². The van der Waals surface area contributed by atoms with E-state index in [0.29, 0.717) is 5.56 Å². The molecule has 14 N–H and O–H groups in total. The Morgan fingerprint density at radius 2 is 1.42 bits per heavy atom. The Bertz CT molecular complexity index is 1010. The van der Waals surface area contributed by atoms with Crippen molar-refractivity contribution < 1.29 is 39.3 Å². The van der Waals surface area contributed by atoms with Crippen LogP contribution in [0.15, 0.2) is 29.3 Å². The van der Waals surface area contributed by atoms with E-state index in [4.69, 9.17) is 22.9 Å². The normalized spacial score (nSPS) is 13.7. The molecular weight excluding hydrogens is 504 g/mol. The zero-order valence-corrected chi connectivity index (χ0v) is 20.5. The summed E-state index contributed by atoms with van der Waals surface area (Å²) in [7, 11) is 0. The molecule has 0 aliphatic rings. The van der Waals surface area contributed by atoms with E-state index in [1.165, 1.54) is 24.3 Å². The van der Waals surface area contributed by atoms with Crippen LogP contribution in [0.4, 0.5) is 0 Å². The number of carbonyl (C=O) groups is 5. The van der Waals surface area contributed by atoms with Gasteiger partial charge in [0.05, 0.1) is 19.1 Å². The number of amides is 4. The minimum absolute atomic E-state index is 0.0178. The summed E-state index contributed by atoms with van der Waals surface area (Å²) in [4.78, 5) is 64.4. The minimum atomic E-state index is -1.57. The van der Waals surface area contributed by atoms with Crippen molar-refractivity contribution in [1.29, 1.82) is 0 Å². The number of nitrogens with zero attached hydrogens (tertiary/aromatic N) is 1. The maximum atomic E-state index is 12.9. The standard InChI is InChI=1S/C22H34N8O8/c23-13(9-17(24)33)18(34)28-14(2-1-7-27-22(25)26)19(35)30-16(10-31)20(36)29-15(21(37)38)8-11-3-5-12(32)6-4-11/h3-6,13-16,31-32H,1-2,7-10,23H2,(H2,24,33)(H,28,34)(H,29,36)(H,30,35)(H,37,38)(H4,25,26,27). The summed E-state index contributed by atoms with van der Waals surface area (Å²) in [6.07, 6.45) is -0.427. The molecule has 0 bridgehead atoms. The zero-order valence-electron chi connectivity index (χ0n) is 20.5. The maximum Gasteiger partial charge on any atom is 0.326 e. The lowest BCUT2D eigenvalue weighted by atomic mass is 10.0. The van der Waals surface area contributed by atoms with Crippen molar-refractivity contribution in [2.75, 3.05) is 13.2 Å². The topological polar surface area (TPSA) is 299 Å². The summed E-state index contributed by atoms with van der Waals surface area (Å²) in [6, 6.07) is 0.0506. The largest absolute Gasteiger partial charge is 0.508 e. The summed E-state index contributed by atoms with van der Waals surface area (Å²) in [5.41, 5.74) is 21.7. The van der Waals surface area contributed by atoms with Gasteiger partial charge in [-0.3, -0.25) is 24.2 Å². The van der Waals surface area contributed by atoms with Gasteiger partial charge in [-0.2, -0.15) is 0 Å². The number of aliphatic carboxylic acids is 1. The number of hydrogen-bond acceptors (Lipinski definition) is 9. The number of phenolic OH excluding ortho intramolecular Hbond substituents is 1. The number of carboxylic acids is 1. The number of nitrogens with one attached hydrogen (secondary N) is 3. The number of carboxylic acid groups (broad SMARTS) is 1. The van der Waals surface area contributed by atoms with E-state index < -0.39 is 66.8 Å². The number of carbonyl (C=O) groups excluding carboxylic acids is 4. The first-order valence-corrected chi connectivity index (χ1v) is 11.5. The summed E-state index contributed by atoms with van der Waals surface area (Å²) in [5.74, 6) is -5.17. The highest BCUT2D eigenvalue weighted by Gasteiger charge is 2.30. The average Bonchev–Trinajstić information content (AvgIpc) is 2.84. The molecule has 0 heterocycles. The number of rotatable bonds is 16. The van der Waals surface area contributed by atoms with Crippen LogP contribution in [0.5, 0.6) is 5.75 Å². The first-order valence-electron chi connectivity index (χ1n) is 11.5.